The fraction of sp³-hybridized carbons (Fsp3) is 0.676. The molecule has 0 spiro atoms. The Morgan fingerprint density at radius 2 is 0.500 bits per heavy atom. The van der Waals surface area contributed by atoms with Gasteiger partial charge in [0.05, 0.1) is 30.2 Å². The van der Waals surface area contributed by atoms with Crippen molar-refractivity contribution < 1.29 is 0 Å². The quantitative estimate of drug-likeness (QED) is 0.0355. The third-order valence-corrected chi connectivity index (χ3v) is 24.7. The molecule has 0 radical (unpaired) electrons. The topological polar surface area (TPSA) is 25.8 Å². The molecule has 0 aliphatic rings. The lowest BCUT2D eigenvalue weighted by Gasteiger charge is -2.04. The number of benzene rings is 1. The second kappa shape index (κ2) is 39.6. The van der Waals surface area contributed by atoms with Gasteiger partial charge in [-0.25, -0.2) is 9.97 Å². The van der Waals surface area contributed by atoms with Crippen molar-refractivity contribution >= 4 is 88.5 Å². The Morgan fingerprint density at radius 3 is 0.768 bits per heavy atom. The van der Waals surface area contributed by atoms with Crippen LogP contribution in [0, 0.1) is 13.8 Å². The van der Waals surface area contributed by atoms with Crippen LogP contribution in [0.2, 0.25) is 0 Å². The molecule has 6 aromatic heterocycles. The molecule has 0 N–H and O–H groups in total. The van der Waals surface area contributed by atoms with Crippen molar-refractivity contribution in [2.75, 3.05) is 0 Å². The zero-order chi connectivity index (χ0) is 57.4. The SMILES string of the molecule is CCCCCCCCCCCCc1cc(C)sc1-c1cc(CCCCCCCCCCCC)c(-c2nc3cc4sc(-c5sc(-c6sc(C)cc6CCCCCCCCCCCC)cc5CCCCCCCCCCCC)nc4cc3s2)s1. The molecule has 454 valence electrons. The van der Waals surface area contributed by atoms with Gasteiger partial charge in [0.1, 0.15) is 10.0 Å². The molecular weight excluding hydrogens is 1110 g/mol. The Morgan fingerprint density at radius 1 is 0.256 bits per heavy atom. The number of aryl methyl sites for hydroxylation is 6. The highest BCUT2D eigenvalue weighted by atomic mass is 32.1. The molecule has 0 fully saturated rings. The van der Waals surface area contributed by atoms with Crippen molar-refractivity contribution in [2.45, 2.75) is 324 Å². The molecule has 7 rings (SSSR count). The Balaban J connectivity index is 1.07. The van der Waals surface area contributed by atoms with E-state index in [1.807, 2.05) is 68.0 Å². The number of aromatic nitrogens is 2. The second-order valence-corrected chi connectivity index (χ2v) is 31.6. The van der Waals surface area contributed by atoms with E-state index in [4.69, 9.17) is 9.97 Å². The summed E-state index contributed by atoms with van der Waals surface area (Å²) in [5.41, 5.74) is 8.47. The first-order chi connectivity index (χ1) is 40.4. The highest BCUT2D eigenvalue weighted by Crippen LogP contribution is 2.48. The van der Waals surface area contributed by atoms with Crippen molar-refractivity contribution in [1.29, 1.82) is 0 Å². The van der Waals surface area contributed by atoms with E-state index in [0.29, 0.717) is 0 Å². The van der Waals surface area contributed by atoms with E-state index < -0.39 is 0 Å². The summed E-state index contributed by atoms with van der Waals surface area (Å²) in [7, 11) is 0. The van der Waals surface area contributed by atoms with Gasteiger partial charge in [-0.3, -0.25) is 0 Å². The van der Waals surface area contributed by atoms with Gasteiger partial charge >= 0.3 is 0 Å². The van der Waals surface area contributed by atoms with Gasteiger partial charge in [0, 0.05) is 29.3 Å². The van der Waals surface area contributed by atoms with E-state index in [2.05, 4.69) is 77.9 Å². The van der Waals surface area contributed by atoms with Crippen LogP contribution in [0.25, 0.3) is 59.7 Å². The van der Waals surface area contributed by atoms with Gasteiger partial charge in [-0.15, -0.1) is 68.0 Å². The third kappa shape index (κ3) is 22.8. The zero-order valence-electron chi connectivity index (χ0n) is 52.9. The van der Waals surface area contributed by atoms with Gasteiger partial charge in [-0.05, 0) is 124 Å². The maximum atomic E-state index is 5.55. The Hall–Kier alpha value is -2.20. The standard InChI is InChI=1S/C74H112N2S6/c1-7-11-15-19-23-27-31-35-39-43-47-59-51-57(5)77-69(59)67-53-61(49-45-41-37-33-29-25-21-17-13-9-3)71(79-67)73-75-63-55-66-64(56-65(63)81-73)76-74(82-66)72-62(50-46-42-38-34-30-26-22-18-14-10-4)54-68(80-72)70-60(52-58(6)78-70)48-44-40-36-32-28-24-20-16-12-8-2/h51-56H,7-50H2,1-6H3. The number of fused-ring (bicyclic) bond motifs is 2. The van der Waals surface area contributed by atoms with E-state index in [9.17, 15) is 0 Å². The van der Waals surface area contributed by atoms with E-state index in [0.717, 1.165) is 23.9 Å². The smallest absolute Gasteiger partial charge is 0.134 e. The summed E-state index contributed by atoms with van der Waals surface area (Å²) < 4.78 is 2.55. The van der Waals surface area contributed by atoms with Crippen LogP contribution >= 0.6 is 68.0 Å². The molecule has 82 heavy (non-hydrogen) atoms. The predicted octanol–water partition coefficient (Wildman–Crippen LogP) is 28.3. The van der Waals surface area contributed by atoms with Crippen LogP contribution in [-0.2, 0) is 25.7 Å². The minimum absolute atomic E-state index is 1.14. The fourth-order valence-electron chi connectivity index (χ4n) is 12.5. The molecule has 0 atom stereocenters. The maximum Gasteiger partial charge on any atom is 0.134 e. The Bertz CT molecular complexity index is 2550. The molecule has 8 heteroatoms. The first-order valence-corrected chi connectivity index (χ1v) is 39.4. The summed E-state index contributed by atoms with van der Waals surface area (Å²) in [6.07, 6.45) is 59.9. The number of rotatable bonds is 48. The largest absolute Gasteiger partial charge is 0.235 e. The van der Waals surface area contributed by atoms with Crippen molar-refractivity contribution in [3.63, 3.8) is 0 Å². The highest BCUT2D eigenvalue weighted by molar-refractivity contribution is 7.29. The van der Waals surface area contributed by atoms with Gasteiger partial charge in [0.2, 0.25) is 0 Å². The van der Waals surface area contributed by atoms with Crippen LogP contribution < -0.4 is 0 Å². The Labute approximate surface area is 526 Å². The van der Waals surface area contributed by atoms with Crippen molar-refractivity contribution in [1.82, 2.24) is 9.97 Å². The maximum absolute atomic E-state index is 5.55. The van der Waals surface area contributed by atoms with Crippen molar-refractivity contribution in [2.24, 2.45) is 0 Å². The summed E-state index contributed by atoms with van der Waals surface area (Å²) in [5, 5.41) is 2.41. The minimum atomic E-state index is 1.14. The average Bonchev–Trinajstić information content (AvgIpc) is 3.86. The lowest BCUT2D eigenvalue weighted by atomic mass is 10.0. The Kier molecular flexibility index (Phi) is 32.5. The molecule has 0 amide bonds. The van der Waals surface area contributed by atoms with E-state index in [1.54, 1.807) is 11.1 Å². The van der Waals surface area contributed by atoms with Crippen LogP contribution in [0.5, 0.6) is 0 Å². The highest BCUT2D eigenvalue weighted by Gasteiger charge is 2.23. The average molecular weight is 1220 g/mol. The third-order valence-electron chi connectivity index (χ3n) is 17.4. The molecule has 0 unspecified atom stereocenters. The lowest BCUT2D eigenvalue weighted by molar-refractivity contribution is 0.556. The van der Waals surface area contributed by atoms with E-state index in [1.165, 1.54) is 339 Å². The molecule has 0 aliphatic carbocycles. The molecule has 2 nitrogen and oxygen atoms in total. The summed E-state index contributed by atoms with van der Waals surface area (Å²) in [5.74, 6) is 0. The summed E-state index contributed by atoms with van der Waals surface area (Å²) in [6.45, 7) is 13.9. The predicted molar refractivity (Wildman–Crippen MR) is 378 cm³/mol. The second-order valence-electron chi connectivity index (χ2n) is 24.9. The lowest BCUT2D eigenvalue weighted by Crippen LogP contribution is -1.88. The summed E-state index contributed by atoms with van der Waals surface area (Å²) in [4.78, 5) is 22.8. The van der Waals surface area contributed by atoms with Gasteiger partial charge in [0.15, 0.2) is 0 Å². The van der Waals surface area contributed by atoms with Gasteiger partial charge in [-0.2, -0.15) is 0 Å². The molecule has 0 aliphatic heterocycles. The number of thiazole rings is 2. The number of unbranched alkanes of at least 4 members (excludes halogenated alkanes) is 36. The minimum Gasteiger partial charge on any atom is -0.235 e. The van der Waals surface area contributed by atoms with Gasteiger partial charge in [-0.1, -0.05) is 259 Å². The molecule has 0 saturated heterocycles. The number of hydrogen-bond acceptors (Lipinski definition) is 8. The van der Waals surface area contributed by atoms with Crippen LogP contribution in [-0.4, -0.2) is 9.97 Å². The van der Waals surface area contributed by atoms with Crippen LogP contribution in [0.4, 0.5) is 0 Å². The molecular formula is C74H112N2S6. The molecule has 6 heterocycles. The molecule has 0 bridgehead atoms. The first kappa shape index (κ1) is 67.3. The monoisotopic (exact) mass is 1220 g/mol. The fourth-order valence-corrected chi connectivity index (χ4v) is 19.5. The van der Waals surface area contributed by atoms with Crippen molar-refractivity contribution in [3.05, 3.63) is 68.4 Å². The summed E-state index contributed by atoms with van der Waals surface area (Å²) in [6, 6.07) is 15.0. The number of thiophene rings is 4. The normalized spacial score (nSPS) is 12.0. The molecule has 1 aromatic carbocycles. The van der Waals surface area contributed by atoms with Crippen LogP contribution in [0.1, 0.15) is 317 Å². The van der Waals surface area contributed by atoms with Crippen LogP contribution in [0.15, 0.2) is 36.4 Å². The number of hydrogen-bond donors (Lipinski definition) is 0. The van der Waals surface area contributed by atoms with Gasteiger partial charge < -0.3 is 0 Å². The molecule has 0 saturated carbocycles. The first-order valence-electron chi connectivity index (χ1n) is 34.6. The van der Waals surface area contributed by atoms with Gasteiger partial charge in [0.25, 0.3) is 0 Å². The van der Waals surface area contributed by atoms with Crippen molar-refractivity contribution in [3.8, 4) is 39.3 Å². The summed E-state index contributed by atoms with van der Waals surface area (Å²) >= 11 is 11.9. The van der Waals surface area contributed by atoms with E-state index >= 15 is 0 Å². The molecule has 7 aromatic rings. The number of nitrogens with zero attached hydrogens (tertiary/aromatic N) is 2. The van der Waals surface area contributed by atoms with E-state index in [-0.39, 0.29) is 0 Å². The zero-order valence-corrected chi connectivity index (χ0v) is 57.8. The van der Waals surface area contributed by atoms with Crippen LogP contribution in [0.3, 0.4) is 0 Å².